The maximum atomic E-state index is 11.4. The molecule has 0 saturated heterocycles. The van der Waals surface area contributed by atoms with Crippen LogP contribution in [0.25, 0.3) is 0 Å². The molecule has 2 atom stereocenters. The van der Waals surface area contributed by atoms with E-state index in [4.69, 9.17) is 20.4 Å². The Labute approximate surface area is 210 Å². The molecule has 160 valence electrons. The van der Waals surface area contributed by atoms with Crippen molar-refractivity contribution in [1.29, 1.82) is 0 Å². The van der Waals surface area contributed by atoms with Crippen molar-refractivity contribution < 1.29 is 73.7 Å². The van der Waals surface area contributed by atoms with Crippen LogP contribution in [-0.2, 0) is 38.2 Å². The summed E-state index contributed by atoms with van der Waals surface area (Å²) in [5, 5.41) is 53.6. The summed E-state index contributed by atoms with van der Waals surface area (Å²) in [6.07, 6.45) is -8.06. The molecule has 6 N–H and O–H groups in total. The fraction of sp³-hybridized carbons (Fsp3) is 0.462. The normalized spacial score (nSPS) is 13.7. The summed E-state index contributed by atoms with van der Waals surface area (Å²) in [5.74, 6) is -11.5. The molecule has 0 aromatic rings. The van der Waals surface area contributed by atoms with Gasteiger partial charge in [0.2, 0.25) is 0 Å². The second kappa shape index (κ2) is 13.7. The van der Waals surface area contributed by atoms with Crippen LogP contribution in [0.5, 0.6) is 0 Å². The summed E-state index contributed by atoms with van der Waals surface area (Å²) >= 11 is 0. The molecule has 30 heavy (non-hydrogen) atoms. The predicted octanol–water partition coefficient (Wildman–Crippen LogP) is -3.74. The zero-order valence-electron chi connectivity index (χ0n) is 13.7. The van der Waals surface area contributed by atoms with Crippen molar-refractivity contribution in [2.75, 3.05) is 0 Å². The fourth-order valence-corrected chi connectivity index (χ4v) is 1.68. The Bertz CT molecular complexity index is 661. The van der Waals surface area contributed by atoms with E-state index in [2.05, 4.69) is 9.47 Å². The third-order valence-corrected chi connectivity index (χ3v) is 2.95. The minimum absolute atomic E-state index is 0. The Balaban J connectivity index is -0.00000364. The van der Waals surface area contributed by atoms with Gasteiger partial charge in [-0.05, 0) is 0 Å². The summed E-state index contributed by atoms with van der Waals surface area (Å²) in [6, 6.07) is 0. The molecule has 15 nitrogen and oxygen atoms in total. The van der Waals surface area contributed by atoms with Crippen LogP contribution < -0.4 is 0 Å². The van der Waals surface area contributed by atoms with Gasteiger partial charge in [0.05, 0.1) is 25.7 Å². The summed E-state index contributed by atoms with van der Waals surface area (Å²) in [7, 11) is 0. The molecule has 0 aromatic heterocycles. The Morgan fingerprint density at radius 2 is 0.833 bits per heavy atom. The van der Waals surface area contributed by atoms with Crippen LogP contribution >= 0.6 is 0 Å². The number of hydrogen-bond acceptors (Lipinski definition) is 11. The number of rotatable bonds is 10. The zero-order chi connectivity index (χ0) is 22.3. The second-order valence-corrected chi connectivity index (χ2v) is 5.37. The van der Waals surface area contributed by atoms with E-state index in [1.807, 2.05) is 0 Å². The van der Waals surface area contributed by atoms with Crippen LogP contribution in [0.2, 0.25) is 0 Å². The molecule has 0 spiro atoms. The van der Waals surface area contributed by atoms with E-state index in [0.717, 1.165) is 0 Å². The number of carbonyl (C=O) groups is 7. The van der Waals surface area contributed by atoms with Crippen molar-refractivity contribution in [1.82, 2.24) is 0 Å². The quantitative estimate of drug-likeness (QED) is 0.104. The van der Waals surface area contributed by atoms with Gasteiger partial charge in [-0.15, -0.1) is 0 Å². The summed E-state index contributed by atoms with van der Waals surface area (Å²) < 4.78 is 7.64. The molecule has 0 bridgehead atoms. The fourth-order valence-electron chi connectivity index (χ4n) is 1.68. The van der Waals surface area contributed by atoms with Gasteiger partial charge in [-0.1, -0.05) is 0 Å². The average Bonchev–Trinajstić information content (AvgIpc) is 2.43. The summed E-state index contributed by atoms with van der Waals surface area (Å²) in [6.45, 7) is 0. The van der Waals surface area contributed by atoms with Gasteiger partial charge in [0.1, 0.15) is 0 Å². The van der Waals surface area contributed by atoms with Gasteiger partial charge in [-0.3, -0.25) is 19.2 Å². The average molecular weight is 458 g/mol. The molecule has 0 aliphatic heterocycles. The minimum atomic E-state index is -3.14. The van der Waals surface area contributed by atoms with E-state index in [9.17, 15) is 43.8 Å². The van der Waals surface area contributed by atoms with Gasteiger partial charge in [-0.25, -0.2) is 14.4 Å². The number of esters is 2. The number of carboxylic acid groups (broad SMARTS) is 4. The number of hydrogen-bond donors (Lipinski definition) is 6. The number of carboxylic acids is 4. The summed E-state index contributed by atoms with van der Waals surface area (Å²) in [5.41, 5.74) is -6.28. The first-order valence-corrected chi connectivity index (χ1v) is 6.92. The monoisotopic (exact) mass is 458 g/mol. The van der Waals surface area contributed by atoms with E-state index < -0.39 is 78.9 Å². The molecule has 0 saturated carbocycles. The molecule has 0 aromatic carbocycles. The Hall–Kier alpha value is -1.59. The van der Waals surface area contributed by atoms with E-state index in [1.54, 1.807) is 0 Å². The number of aliphatic carboxylic acids is 4. The molecular formula is C13H16Na2O15. The molecule has 0 heterocycles. The van der Waals surface area contributed by atoms with Crippen LogP contribution in [0.15, 0.2) is 0 Å². The van der Waals surface area contributed by atoms with Gasteiger partial charge >= 0.3 is 101 Å². The van der Waals surface area contributed by atoms with Crippen molar-refractivity contribution in [2.45, 2.75) is 36.9 Å². The van der Waals surface area contributed by atoms with E-state index >= 15 is 0 Å². The Morgan fingerprint density at radius 1 is 0.567 bits per heavy atom. The maximum absolute atomic E-state index is 11.4. The van der Waals surface area contributed by atoms with Crippen LogP contribution in [0.1, 0.15) is 25.7 Å². The topological polar surface area (TPSA) is 259 Å². The van der Waals surface area contributed by atoms with Gasteiger partial charge < -0.3 is 40.1 Å². The molecule has 0 rings (SSSR count). The SMILES string of the molecule is O=C(O)CC(O)(CC(=O)OC(=O)OC(=O)CC(O)(CC(=O)O)C(=O)O)C(=O)O.[NaH].[NaH]. The first kappa shape index (κ1) is 33.1. The molecule has 17 heteroatoms. The second-order valence-electron chi connectivity index (χ2n) is 5.37. The first-order chi connectivity index (χ1) is 12.6. The van der Waals surface area contributed by atoms with Crippen molar-refractivity contribution in [3.05, 3.63) is 0 Å². The Kier molecular flexibility index (Phi) is 15.1. The van der Waals surface area contributed by atoms with E-state index in [-0.39, 0.29) is 59.1 Å². The van der Waals surface area contributed by atoms with Crippen molar-refractivity contribution >= 4 is 101 Å². The first-order valence-electron chi connectivity index (χ1n) is 6.92. The third kappa shape index (κ3) is 11.6. The molecule has 0 fully saturated rings. The van der Waals surface area contributed by atoms with Crippen LogP contribution in [0.4, 0.5) is 4.79 Å². The van der Waals surface area contributed by atoms with Crippen LogP contribution in [0, 0.1) is 0 Å². The molecule has 0 aliphatic rings. The number of aliphatic hydroxyl groups is 2. The van der Waals surface area contributed by atoms with E-state index in [0.29, 0.717) is 0 Å². The molecule has 2 unspecified atom stereocenters. The van der Waals surface area contributed by atoms with Gasteiger partial charge in [-0.2, -0.15) is 0 Å². The van der Waals surface area contributed by atoms with Crippen molar-refractivity contribution in [2.24, 2.45) is 0 Å². The standard InChI is InChI=1S/C13H14O15.2Na.2H/c14-5(15)1-12(25,9(20)21)3-7(18)27-11(24)28-8(19)4-13(26,10(22)23)2-6(16)17;;;;/h25-26H,1-4H2,(H,14,15)(H,16,17)(H,20,21)(H,22,23);;;;. The van der Waals surface area contributed by atoms with Gasteiger partial charge in [0.25, 0.3) is 0 Å². The molecule has 0 radical (unpaired) electrons. The number of carbonyl (C=O) groups excluding carboxylic acids is 3. The zero-order valence-corrected chi connectivity index (χ0v) is 13.7. The summed E-state index contributed by atoms with van der Waals surface area (Å²) in [4.78, 5) is 76.7. The van der Waals surface area contributed by atoms with Gasteiger partial charge in [0.15, 0.2) is 11.2 Å². The van der Waals surface area contributed by atoms with Crippen LogP contribution in [0.3, 0.4) is 0 Å². The molecule has 0 amide bonds. The van der Waals surface area contributed by atoms with Crippen molar-refractivity contribution in [3.8, 4) is 0 Å². The van der Waals surface area contributed by atoms with Crippen LogP contribution in [-0.4, -0.2) is 143 Å². The van der Waals surface area contributed by atoms with Crippen molar-refractivity contribution in [3.63, 3.8) is 0 Å². The third-order valence-electron chi connectivity index (χ3n) is 2.95. The Morgan fingerprint density at radius 3 is 1.03 bits per heavy atom. The number of ether oxygens (including phenoxy) is 2. The molecular weight excluding hydrogens is 442 g/mol. The predicted molar refractivity (Wildman–Crippen MR) is 90.8 cm³/mol. The molecule has 0 aliphatic carbocycles. The van der Waals surface area contributed by atoms with Gasteiger partial charge in [0, 0.05) is 0 Å². The van der Waals surface area contributed by atoms with E-state index in [1.165, 1.54) is 0 Å².